The van der Waals surface area contributed by atoms with E-state index >= 15 is 0 Å². The summed E-state index contributed by atoms with van der Waals surface area (Å²) in [4.78, 5) is 0. The first kappa shape index (κ1) is 14.0. The van der Waals surface area contributed by atoms with Crippen molar-refractivity contribution in [1.82, 2.24) is 0 Å². The zero-order valence-electron chi connectivity index (χ0n) is 11.5. The first-order valence-corrected chi connectivity index (χ1v) is 6.32. The summed E-state index contributed by atoms with van der Waals surface area (Å²) in [5.41, 5.74) is 7.67. The Bertz CT molecular complexity index is 341. The maximum absolute atomic E-state index is 6.15. The summed E-state index contributed by atoms with van der Waals surface area (Å²) in [5, 5.41) is 0. The molecule has 0 fully saturated rings. The van der Waals surface area contributed by atoms with Crippen LogP contribution in [-0.4, -0.2) is 13.2 Å². The SMILES string of the molecule is COc1cccc(CCCC(N)C(C)(C)C)c1. The van der Waals surface area contributed by atoms with Gasteiger partial charge in [0.05, 0.1) is 7.11 Å². The lowest BCUT2D eigenvalue weighted by atomic mass is 9.84. The third-order valence-corrected chi connectivity index (χ3v) is 3.23. The average molecular weight is 235 g/mol. The van der Waals surface area contributed by atoms with Gasteiger partial charge >= 0.3 is 0 Å². The zero-order valence-corrected chi connectivity index (χ0v) is 11.5. The lowest BCUT2D eigenvalue weighted by molar-refractivity contribution is 0.301. The van der Waals surface area contributed by atoms with Gasteiger partial charge in [-0.2, -0.15) is 0 Å². The van der Waals surface area contributed by atoms with Crippen molar-refractivity contribution in [3.63, 3.8) is 0 Å². The zero-order chi connectivity index (χ0) is 12.9. The highest BCUT2D eigenvalue weighted by Gasteiger charge is 2.19. The molecular weight excluding hydrogens is 210 g/mol. The number of hydrogen-bond acceptors (Lipinski definition) is 2. The molecule has 0 bridgehead atoms. The maximum Gasteiger partial charge on any atom is 0.119 e. The molecule has 2 nitrogen and oxygen atoms in total. The summed E-state index contributed by atoms with van der Waals surface area (Å²) >= 11 is 0. The predicted octanol–water partition coefficient (Wildman–Crippen LogP) is 3.39. The second kappa shape index (κ2) is 6.06. The highest BCUT2D eigenvalue weighted by atomic mass is 16.5. The van der Waals surface area contributed by atoms with E-state index in [0.717, 1.165) is 25.0 Å². The van der Waals surface area contributed by atoms with Crippen molar-refractivity contribution in [3.05, 3.63) is 29.8 Å². The number of hydrogen-bond donors (Lipinski definition) is 1. The monoisotopic (exact) mass is 235 g/mol. The minimum atomic E-state index is 0.203. The fourth-order valence-electron chi connectivity index (χ4n) is 1.79. The summed E-state index contributed by atoms with van der Waals surface area (Å²) in [5.74, 6) is 0.933. The molecule has 0 radical (unpaired) electrons. The molecule has 1 atom stereocenters. The van der Waals surface area contributed by atoms with Crippen molar-refractivity contribution in [2.45, 2.75) is 46.1 Å². The number of rotatable bonds is 5. The van der Waals surface area contributed by atoms with Crippen LogP contribution in [0.5, 0.6) is 5.75 Å². The van der Waals surface area contributed by atoms with Crippen LogP contribution in [0.25, 0.3) is 0 Å². The minimum Gasteiger partial charge on any atom is -0.497 e. The smallest absolute Gasteiger partial charge is 0.119 e. The second-order valence-electron chi connectivity index (χ2n) is 5.72. The van der Waals surface area contributed by atoms with Gasteiger partial charge in [0.25, 0.3) is 0 Å². The van der Waals surface area contributed by atoms with Crippen molar-refractivity contribution in [3.8, 4) is 5.75 Å². The van der Waals surface area contributed by atoms with Crippen molar-refractivity contribution >= 4 is 0 Å². The van der Waals surface area contributed by atoms with Gasteiger partial charge in [0.2, 0.25) is 0 Å². The molecule has 17 heavy (non-hydrogen) atoms. The van der Waals surface area contributed by atoms with Crippen molar-refractivity contribution in [1.29, 1.82) is 0 Å². The molecule has 0 amide bonds. The van der Waals surface area contributed by atoms with Crippen LogP contribution in [0.1, 0.15) is 39.2 Å². The van der Waals surface area contributed by atoms with E-state index in [0.29, 0.717) is 0 Å². The maximum atomic E-state index is 6.15. The Labute approximate surface area is 105 Å². The Morgan fingerprint density at radius 3 is 2.59 bits per heavy atom. The van der Waals surface area contributed by atoms with Crippen molar-refractivity contribution < 1.29 is 4.74 Å². The van der Waals surface area contributed by atoms with E-state index in [1.807, 2.05) is 12.1 Å². The standard InChI is InChI=1S/C15H25NO/c1-15(2,3)14(16)10-6-8-12-7-5-9-13(11-12)17-4/h5,7,9,11,14H,6,8,10,16H2,1-4H3. The first-order valence-electron chi connectivity index (χ1n) is 6.32. The summed E-state index contributed by atoms with van der Waals surface area (Å²) in [6.07, 6.45) is 3.27. The summed E-state index contributed by atoms with van der Waals surface area (Å²) in [6.45, 7) is 6.59. The van der Waals surface area contributed by atoms with E-state index in [4.69, 9.17) is 10.5 Å². The van der Waals surface area contributed by atoms with Gasteiger partial charge in [-0.3, -0.25) is 0 Å². The minimum absolute atomic E-state index is 0.203. The van der Waals surface area contributed by atoms with E-state index in [-0.39, 0.29) is 11.5 Å². The molecule has 0 aliphatic heterocycles. The molecule has 0 saturated carbocycles. The van der Waals surface area contributed by atoms with Gasteiger partial charge in [0.1, 0.15) is 5.75 Å². The number of nitrogens with two attached hydrogens (primary N) is 1. The van der Waals surface area contributed by atoms with Gasteiger partial charge in [-0.25, -0.2) is 0 Å². The lowest BCUT2D eigenvalue weighted by Crippen LogP contribution is -2.34. The van der Waals surface area contributed by atoms with Crippen LogP contribution in [0, 0.1) is 5.41 Å². The molecule has 1 rings (SSSR count). The molecule has 0 aromatic heterocycles. The Hall–Kier alpha value is -1.02. The van der Waals surface area contributed by atoms with Gasteiger partial charge in [-0.1, -0.05) is 32.9 Å². The molecule has 0 spiro atoms. The fraction of sp³-hybridized carbons (Fsp3) is 0.600. The summed E-state index contributed by atoms with van der Waals surface area (Å²) < 4.78 is 5.21. The van der Waals surface area contributed by atoms with Gasteiger partial charge < -0.3 is 10.5 Å². The highest BCUT2D eigenvalue weighted by molar-refractivity contribution is 5.28. The van der Waals surface area contributed by atoms with Crippen LogP contribution in [0.15, 0.2) is 24.3 Å². The van der Waals surface area contributed by atoms with E-state index < -0.39 is 0 Å². The normalized spacial score (nSPS) is 13.5. The topological polar surface area (TPSA) is 35.2 Å². The van der Waals surface area contributed by atoms with Gasteiger partial charge in [0.15, 0.2) is 0 Å². The predicted molar refractivity (Wildman–Crippen MR) is 73.4 cm³/mol. The molecule has 96 valence electrons. The van der Waals surface area contributed by atoms with E-state index in [2.05, 4.69) is 32.9 Å². The molecular formula is C15H25NO. The second-order valence-corrected chi connectivity index (χ2v) is 5.72. The average Bonchev–Trinajstić information content (AvgIpc) is 2.28. The Kier molecular flexibility index (Phi) is 5.01. The fourth-order valence-corrected chi connectivity index (χ4v) is 1.79. The number of benzene rings is 1. The molecule has 1 unspecified atom stereocenters. The quantitative estimate of drug-likeness (QED) is 0.849. The van der Waals surface area contributed by atoms with Crippen LogP contribution in [0.3, 0.4) is 0 Å². The first-order chi connectivity index (χ1) is 7.93. The van der Waals surface area contributed by atoms with Crippen molar-refractivity contribution in [2.24, 2.45) is 11.1 Å². The molecule has 2 heteroatoms. The molecule has 0 saturated heterocycles. The third kappa shape index (κ3) is 4.78. The van der Waals surface area contributed by atoms with Crippen LogP contribution < -0.4 is 10.5 Å². The summed E-state index contributed by atoms with van der Waals surface area (Å²) in [7, 11) is 1.70. The molecule has 1 aromatic rings. The van der Waals surface area contributed by atoms with Crippen LogP contribution in [0.2, 0.25) is 0 Å². The molecule has 2 N–H and O–H groups in total. The highest BCUT2D eigenvalue weighted by Crippen LogP contribution is 2.22. The van der Waals surface area contributed by atoms with Gasteiger partial charge in [-0.15, -0.1) is 0 Å². The largest absolute Gasteiger partial charge is 0.497 e. The van der Waals surface area contributed by atoms with E-state index in [9.17, 15) is 0 Å². The Morgan fingerprint density at radius 1 is 1.29 bits per heavy atom. The summed E-state index contributed by atoms with van der Waals surface area (Å²) in [6, 6.07) is 8.53. The number of methoxy groups -OCH3 is 1. The van der Waals surface area contributed by atoms with E-state index in [1.54, 1.807) is 7.11 Å². The number of aryl methyl sites for hydroxylation is 1. The van der Waals surface area contributed by atoms with Gasteiger partial charge in [-0.05, 0) is 42.4 Å². The third-order valence-electron chi connectivity index (χ3n) is 3.23. The molecule has 1 aromatic carbocycles. The number of ether oxygens (including phenoxy) is 1. The van der Waals surface area contributed by atoms with Crippen LogP contribution in [0.4, 0.5) is 0 Å². The lowest BCUT2D eigenvalue weighted by Gasteiger charge is -2.26. The van der Waals surface area contributed by atoms with Gasteiger partial charge in [0, 0.05) is 6.04 Å². The van der Waals surface area contributed by atoms with E-state index in [1.165, 1.54) is 5.56 Å². The van der Waals surface area contributed by atoms with Crippen LogP contribution in [-0.2, 0) is 6.42 Å². The Balaban J connectivity index is 2.40. The molecule has 0 aliphatic carbocycles. The van der Waals surface area contributed by atoms with Crippen molar-refractivity contribution in [2.75, 3.05) is 7.11 Å². The molecule has 0 aliphatic rings. The molecule has 0 heterocycles. The van der Waals surface area contributed by atoms with Crippen LogP contribution >= 0.6 is 0 Å². The Morgan fingerprint density at radius 2 is 2.00 bits per heavy atom.